The average Bonchev–Trinajstić information content (AvgIpc) is 2.73. The molecular formula is C25H50O2Si. The lowest BCUT2D eigenvalue weighted by Crippen LogP contribution is -2.40. The highest BCUT2D eigenvalue weighted by Gasteiger charge is 2.31. The van der Waals surface area contributed by atoms with Crippen molar-refractivity contribution in [1.29, 1.82) is 0 Å². The Bertz CT molecular complexity index is 366. The van der Waals surface area contributed by atoms with E-state index < -0.39 is 8.32 Å². The summed E-state index contributed by atoms with van der Waals surface area (Å²) in [7, 11) is 0.255. The van der Waals surface area contributed by atoms with Gasteiger partial charge in [-0.15, -0.1) is 0 Å². The van der Waals surface area contributed by atoms with Gasteiger partial charge in [0.05, 0.1) is 0 Å². The highest BCUT2D eigenvalue weighted by atomic mass is 28.4. The minimum absolute atomic E-state index is 0.0180. The summed E-state index contributed by atoms with van der Waals surface area (Å²) in [5.41, 5.74) is 0. The molecule has 0 N–H and O–H groups in total. The second kappa shape index (κ2) is 19.9. The van der Waals surface area contributed by atoms with Crippen molar-refractivity contribution in [3.05, 3.63) is 24.3 Å². The van der Waals surface area contributed by atoms with Crippen molar-refractivity contribution < 1.29 is 9.16 Å². The van der Waals surface area contributed by atoms with Crippen LogP contribution in [0.1, 0.15) is 105 Å². The van der Waals surface area contributed by atoms with E-state index in [0.717, 1.165) is 12.8 Å². The molecule has 0 aliphatic heterocycles. The van der Waals surface area contributed by atoms with Gasteiger partial charge >= 0.3 is 0 Å². The molecule has 28 heavy (non-hydrogen) atoms. The SMILES string of the molecule is CCCCC/C=C\C/C=C\CCCCCCCC(OC)O[Si](CC)(CC)CC. The van der Waals surface area contributed by atoms with Gasteiger partial charge in [-0.2, -0.15) is 0 Å². The first kappa shape index (κ1) is 27.6. The first-order chi connectivity index (χ1) is 13.7. The molecule has 1 atom stereocenters. The molecule has 0 heterocycles. The van der Waals surface area contributed by atoms with Crippen molar-refractivity contribution in [3.8, 4) is 0 Å². The maximum absolute atomic E-state index is 6.46. The van der Waals surface area contributed by atoms with E-state index in [-0.39, 0.29) is 6.29 Å². The largest absolute Gasteiger partial charge is 0.392 e. The second-order valence-corrected chi connectivity index (χ2v) is 12.8. The van der Waals surface area contributed by atoms with E-state index in [1.807, 2.05) is 0 Å². The van der Waals surface area contributed by atoms with Crippen molar-refractivity contribution in [2.24, 2.45) is 0 Å². The van der Waals surface area contributed by atoms with E-state index in [9.17, 15) is 0 Å². The molecule has 0 saturated heterocycles. The number of hydrogen-bond acceptors (Lipinski definition) is 2. The molecule has 0 radical (unpaired) electrons. The molecule has 0 amide bonds. The van der Waals surface area contributed by atoms with E-state index in [1.54, 1.807) is 7.11 Å². The Morgan fingerprint density at radius 1 is 0.679 bits per heavy atom. The van der Waals surface area contributed by atoms with Gasteiger partial charge in [-0.3, -0.25) is 0 Å². The Morgan fingerprint density at radius 2 is 1.21 bits per heavy atom. The van der Waals surface area contributed by atoms with Crippen molar-refractivity contribution in [2.45, 2.75) is 129 Å². The Balaban J connectivity index is 3.65. The molecule has 0 aromatic rings. The second-order valence-electron chi connectivity index (χ2n) is 8.05. The van der Waals surface area contributed by atoms with Crippen LogP contribution in [0.2, 0.25) is 18.1 Å². The van der Waals surface area contributed by atoms with Crippen LogP contribution in [0.3, 0.4) is 0 Å². The van der Waals surface area contributed by atoms with Crippen LogP contribution < -0.4 is 0 Å². The molecule has 0 aromatic carbocycles. The summed E-state index contributed by atoms with van der Waals surface area (Å²) in [6.07, 6.45) is 24.5. The Kier molecular flexibility index (Phi) is 19.6. The van der Waals surface area contributed by atoms with Crippen LogP contribution in [-0.2, 0) is 9.16 Å². The first-order valence-corrected chi connectivity index (χ1v) is 14.7. The smallest absolute Gasteiger partial charge is 0.195 e. The number of hydrogen-bond donors (Lipinski definition) is 0. The van der Waals surface area contributed by atoms with E-state index in [4.69, 9.17) is 9.16 Å². The molecular weight excluding hydrogens is 360 g/mol. The molecule has 0 aliphatic rings. The van der Waals surface area contributed by atoms with Gasteiger partial charge in [0.15, 0.2) is 8.32 Å². The minimum Gasteiger partial charge on any atom is -0.392 e. The first-order valence-electron chi connectivity index (χ1n) is 12.2. The third kappa shape index (κ3) is 14.6. The lowest BCUT2D eigenvalue weighted by atomic mass is 10.1. The summed E-state index contributed by atoms with van der Waals surface area (Å²) < 4.78 is 12.1. The van der Waals surface area contributed by atoms with Gasteiger partial charge in [-0.05, 0) is 63.1 Å². The highest BCUT2D eigenvalue weighted by molar-refractivity contribution is 6.73. The van der Waals surface area contributed by atoms with E-state index in [0.29, 0.717) is 0 Å². The molecule has 0 rings (SSSR count). The zero-order chi connectivity index (χ0) is 20.9. The van der Waals surface area contributed by atoms with E-state index >= 15 is 0 Å². The maximum Gasteiger partial charge on any atom is 0.195 e. The van der Waals surface area contributed by atoms with Crippen LogP contribution in [0, 0.1) is 0 Å². The zero-order valence-electron chi connectivity index (χ0n) is 19.8. The lowest BCUT2D eigenvalue weighted by molar-refractivity contribution is -0.0674. The van der Waals surface area contributed by atoms with E-state index in [2.05, 4.69) is 52.0 Å². The molecule has 0 aliphatic carbocycles. The van der Waals surface area contributed by atoms with Crippen LogP contribution >= 0.6 is 0 Å². The fourth-order valence-corrected chi connectivity index (χ4v) is 6.40. The predicted octanol–water partition coefficient (Wildman–Crippen LogP) is 8.79. The van der Waals surface area contributed by atoms with Crippen LogP contribution in [0.4, 0.5) is 0 Å². The molecule has 1 unspecified atom stereocenters. The van der Waals surface area contributed by atoms with Gasteiger partial charge in [0.1, 0.15) is 6.29 Å². The van der Waals surface area contributed by atoms with Gasteiger partial charge in [0.25, 0.3) is 0 Å². The van der Waals surface area contributed by atoms with Crippen molar-refractivity contribution >= 4 is 8.32 Å². The maximum atomic E-state index is 6.46. The Hall–Kier alpha value is -0.383. The van der Waals surface area contributed by atoms with Gasteiger partial charge in [-0.25, -0.2) is 0 Å². The van der Waals surface area contributed by atoms with Crippen molar-refractivity contribution in [3.63, 3.8) is 0 Å². The summed E-state index contributed by atoms with van der Waals surface area (Å²) >= 11 is 0. The summed E-state index contributed by atoms with van der Waals surface area (Å²) in [4.78, 5) is 0. The van der Waals surface area contributed by atoms with Gasteiger partial charge in [0, 0.05) is 7.11 Å². The molecule has 0 aromatic heterocycles. The lowest BCUT2D eigenvalue weighted by Gasteiger charge is -2.32. The molecule has 2 nitrogen and oxygen atoms in total. The third-order valence-electron chi connectivity index (χ3n) is 5.97. The number of unbranched alkanes of at least 4 members (excludes halogenated alkanes) is 8. The normalized spacial score (nSPS) is 13.8. The number of ether oxygens (including phenoxy) is 1. The van der Waals surface area contributed by atoms with Crippen LogP contribution in [0.15, 0.2) is 24.3 Å². The van der Waals surface area contributed by atoms with E-state index in [1.165, 1.54) is 82.3 Å². The summed E-state index contributed by atoms with van der Waals surface area (Å²) in [5, 5.41) is 0. The molecule has 0 fully saturated rings. The zero-order valence-corrected chi connectivity index (χ0v) is 20.8. The number of allylic oxidation sites excluding steroid dienone is 4. The molecule has 0 spiro atoms. The molecule has 0 bridgehead atoms. The minimum atomic E-state index is -1.55. The van der Waals surface area contributed by atoms with Crippen molar-refractivity contribution in [2.75, 3.05) is 7.11 Å². The fourth-order valence-electron chi connectivity index (χ4n) is 3.63. The van der Waals surface area contributed by atoms with Crippen LogP contribution in [-0.4, -0.2) is 21.7 Å². The summed E-state index contributed by atoms with van der Waals surface area (Å²) in [6, 6.07) is 3.59. The molecule has 3 heteroatoms. The number of rotatable bonds is 20. The summed E-state index contributed by atoms with van der Waals surface area (Å²) in [6.45, 7) is 9.11. The van der Waals surface area contributed by atoms with Crippen molar-refractivity contribution in [1.82, 2.24) is 0 Å². The molecule has 0 saturated carbocycles. The van der Waals surface area contributed by atoms with Gasteiger partial charge in [0.2, 0.25) is 0 Å². The standard InChI is InChI=1S/C25H50O2Si/c1-6-10-11-12-13-14-15-16-17-18-19-20-21-22-23-24-25(26-5)27-28(7-2,8-3)9-4/h13-14,16-17,25H,6-12,15,18-24H2,1-5H3/b14-13-,17-16-. The van der Waals surface area contributed by atoms with Crippen LogP contribution in [0.5, 0.6) is 0 Å². The fraction of sp³-hybridized carbons (Fsp3) is 0.840. The summed E-state index contributed by atoms with van der Waals surface area (Å²) in [5.74, 6) is 0. The molecule has 166 valence electrons. The Labute approximate surface area is 178 Å². The quantitative estimate of drug-likeness (QED) is 0.0863. The monoisotopic (exact) mass is 410 g/mol. The average molecular weight is 411 g/mol. The Morgan fingerprint density at radius 3 is 1.75 bits per heavy atom. The third-order valence-corrected chi connectivity index (χ3v) is 10.6. The van der Waals surface area contributed by atoms with Gasteiger partial charge < -0.3 is 9.16 Å². The predicted molar refractivity (Wildman–Crippen MR) is 128 cm³/mol. The van der Waals surface area contributed by atoms with Gasteiger partial charge in [-0.1, -0.05) is 84.1 Å². The highest BCUT2D eigenvalue weighted by Crippen LogP contribution is 2.25. The topological polar surface area (TPSA) is 18.5 Å². The number of methoxy groups -OCH3 is 1. The van der Waals surface area contributed by atoms with Crippen LogP contribution in [0.25, 0.3) is 0 Å².